The molecule has 5 N–H and O–H groups in total. The smallest absolute Gasteiger partial charge is 0.355 e. The molecule has 0 aromatic carbocycles. The van der Waals surface area contributed by atoms with Crippen molar-refractivity contribution in [1.82, 2.24) is 9.99 Å². The van der Waals surface area contributed by atoms with E-state index in [2.05, 4.69) is 20.9 Å². The summed E-state index contributed by atoms with van der Waals surface area (Å²) in [5, 5.41) is 9.69. The third-order valence-corrected chi connectivity index (χ3v) is 2.31. The number of carboxylic acids is 1. The maximum Gasteiger partial charge on any atom is 0.355 e. The molecule has 1 rings (SSSR count). The molecule has 1 aromatic rings. The Hall–Kier alpha value is -1.67. The van der Waals surface area contributed by atoms with Gasteiger partial charge in [-0.2, -0.15) is 0 Å². The number of aromatic nitrogens is 1. The minimum Gasteiger partial charge on any atom is -0.476 e. The van der Waals surface area contributed by atoms with Crippen LogP contribution in [0.5, 0.6) is 0 Å². The number of halogens is 2. The second-order valence-electron chi connectivity index (χ2n) is 3.16. The highest BCUT2D eigenvalue weighted by molar-refractivity contribution is 9.10. The predicted molar refractivity (Wildman–Crippen MR) is 62.6 cm³/mol. The van der Waals surface area contributed by atoms with Crippen LogP contribution in [0.2, 0.25) is 0 Å². The van der Waals surface area contributed by atoms with Crippen molar-refractivity contribution >= 4 is 27.6 Å². The molecule has 0 aliphatic rings. The Bertz CT molecular complexity index is 490. The van der Waals surface area contributed by atoms with Gasteiger partial charge in [0.15, 0.2) is 11.5 Å². The van der Waals surface area contributed by atoms with Gasteiger partial charge in [-0.3, -0.25) is 4.98 Å². The summed E-state index contributed by atoms with van der Waals surface area (Å²) >= 11 is 3.03. The highest BCUT2D eigenvalue weighted by Crippen LogP contribution is 2.19. The molecule has 0 bridgehead atoms. The number of hydrogen-bond acceptors (Lipinski definition) is 5. The Kier molecular flexibility index (Phi) is 4.02. The van der Waals surface area contributed by atoms with E-state index in [1.165, 1.54) is 13.2 Å². The lowest BCUT2D eigenvalue weighted by molar-refractivity contribution is -0.134. The van der Waals surface area contributed by atoms with Crippen LogP contribution in [0, 0.1) is 5.82 Å². The zero-order valence-electron chi connectivity index (χ0n) is 8.82. The van der Waals surface area contributed by atoms with Gasteiger partial charge in [0.2, 0.25) is 0 Å². The number of hydrogen-bond donors (Lipinski definition) is 3. The third-order valence-electron chi connectivity index (χ3n) is 1.87. The lowest BCUT2D eigenvalue weighted by Crippen LogP contribution is -2.32. The van der Waals surface area contributed by atoms with Crippen molar-refractivity contribution in [3.63, 3.8) is 0 Å². The van der Waals surface area contributed by atoms with E-state index in [4.69, 9.17) is 16.7 Å². The van der Waals surface area contributed by atoms with Crippen LogP contribution in [0.3, 0.4) is 0 Å². The predicted octanol–water partition coefficient (Wildman–Crippen LogP) is 0.501. The maximum absolute atomic E-state index is 13.5. The van der Waals surface area contributed by atoms with Crippen LogP contribution < -0.4 is 11.6 Å². The topological polar surface area (TPSA) is 105 Å². The zero-order chi connectivity index (χ0) is 13.2. The zero-order valence-corrected chi connectivity index (χ0v) is 10.4. The molecule has 0 radical (unpaired) electrons. The molecule has 0 amide bonds. The minimum atomic E-state index is -1.36. The molecule has 0 unspecified atom stereocenters. The van der Waals surface area contributed by atoms with Gasteiger partial charge < -0.3 is 15.8 Å². The standard InChI is InChI=1S/C9H10BrFN4O2/c1-15(13)8(9(16)17)6(12)7-5(11)2-4(10)3-14-7/h2-3H,12-13H2,1H3,(H,16,17)/b8-6-. The second-order valence-corrected chi connectivity index (χ2v) is 4.08. The molecule has 0 atom stereocenters. The van der Waals surface area contributed by atoms with Gasteiger partial charge in [-0.25, -0.2) is 15.0 Å². The van der Waals surface area contributed by atoms with E-state index >= 15 is 0 Å². The minimum absolute atomic E-state index is 0.261. The number of carboxylic acid groups (broad SMARTS) is 1. The van der Waals surface area contributed by atoms with Crippen LogP contribution in [-0.4, -0.2) is 28.1 Å². The molecular formula is C9H10BrFN4O2. The van der Waals surface area contributed by atoms with Crippen molar-refractivity contribution in [2.75, 3.05) is 7.05 Å². The van der Waals surface area contributed by atoms with Crippen molar-refractivity contribution in [3.8, 4) is 0 Å². The van der Waals surface area contributed by atoms with Gasteiger partial charge in [0.25, 0.3) is 0 Å². The van der Waals surface area contributed by atoms with E-state index in [1.54, 1.807) is 0 Å². The number of nitrogens with zero attached hydrogens (tertiary/aromatic N) is 2. The van der Waals surface area contributed by atoms with Gasteiger partial charge in [-0.15, -0.1) is 0 Å². The van der Waals surface area contributed by atoms with Crippen LogP contribution in [0.4, 0.5) is 4.39 Å². The number of carbonyl (C=O) groups is 1. The molecule has 6 nitrogen and oxygen atoms in total. The monoisotopic (exact) mass is 304 g/mol. The fourth-order valence-corrected chi connectivity index (χ4v) is 1.48. The Balaban J connectivity index is 3.39. The number of hydrazine groups is 1. The third kappa shape index (κ3) is 2.92. The highest BCUT2D eigenvalue weighted by Gasteiger charge is 2.19. The molecule has 92 valence electrons. The van der Waals surface area contributed by atoms with Gasteiger partial charge in [0.05, 0.1) is 5.70 Å². The molecule has 1 heterocycles. The van der Waals surface area contributed by atoms with E-state index in [0.717, 1.165) is 11.1 Å². The van der Waals surface area contributed by atoms with Crippen molar-refractivity contribution in [3.05, 3.63) is 33.9 Å². The molecular weight excluding hydrogens is 295 g/mol. The quantitative estimate of drug-likeness (QED) is 0.427. The number of rotatable bonds is 3. The SMILES string of the molecule is CN(N)/C(C(=O)O)=C(\N)c1ncc(Br)cc1F. The molecule has 0 spiro atoms. The second kappa shape index (κ2) is 5.11. The fraction of sp³-hybridized carbons (Fsp3) is 0.111. The van der Waals surface area contributed by atoms with Gasteiger partial charge in [-0.05, 0) is 22.0 Å². The van der Waals surface area contributed by atoms with Crippen molar-refractivity contribution in [2.45, 2.75) is 0 Å². The summed E-state index contributed by atoms with van der Waals surface area (Å²) in [6.45, 7) is 0. The number of pyridine rings is 1. The molecule has 0 saturated heterocycles. The average molecular weight is 305 g/mol. The van der Waals surface area contributed by atoms with Gasteiger partial charge in [0.1, 0.15) is 5.69 Å². The molecule has 0 fully saturated rings. The van der Waals surface area contributed by atoms with Gasteiger partial charge in [0, 0.05) is 17.7 Å². The Morgan fingerprint density at radius 2 is 2.24 bits per heavy atom. The largest absolute Gasteiger partial charge is 0.476 e. The van der Waals surface area contributed by atoms with Crippen LogP contribution in [-0.2, 0) is 4.79 Å². The summed E-state index contributed by atoms with van der Waals surface area (Å²) in [5.74, 6) is 3.21. The van der Waals surface area contributed by atoms with Crippen LogP contribution >= 0.6 is 15.9 Å². The summed E-state index contributed by atoms with van der Waals surface area (Å²) in [7, 11) is 1.28. The van der Waals surface area contributed by atoms with Gasteiger partial charge in [-0.1, -0.05) is 0 Å². The summed E-state index contributed by atoms with van der Waals surface area (Å²) < 4.78 is 13.9. The maximum atomic E-state index is 13.5. The number of nitrogens with two attached hydrogens (primary N) is 2. The first kappa shape index (κ1) is 13.4. The first-order valence-corrected chi connectivity index (χ1v) is 5.16. The van der Waals surface area contributed by atoms with Crippen LogP contribution in [0.15, 0.2) is 22.4 Å². The van der Waals surface area contributed by atoms with E-state index < -0.39 is 17.5 Å². The van der Waals surface area contributed by atoms with Crippen LogP contribution in [0.1, 0.15) is 5.69 Å². The lowest BCUT2D eigenvalue weighted by atomic mass is 10.2. The first-order valence-electron chi connectivity index (χ1n) is 4.37. The number of likely N-dealkylation sites (N-methyl/N-ethyl adjacent to an activating group) is 1. The highest BCUT2D eigenvalue weighted by atomic mass is 79.9. The molecule has 17 heavy (non-hydrogen) atoms. The first-order chi connectivity index (χ1) is 7.84. The summed E-state index contributed by atoms with van der Waals surface area (Å²) in [5.41, 5.74) is 4.52. The molecule has 0 aliphatic carbocycles. The number of aliphatic carboxylic acids is 1. The molecule has 8 heteroatoms. The van der Waals surface area contributed by atoms with E-state index in [1.807, 2.05) is 0 Å². The van der Waals surface area contributed by atoms with Crippen LogP contribution in [0.25, 0.3) is 5.70 Å². The molecule has 0 saturated carbocycles. The van der Waals surface area contributed by atoms with Crippen molar-refractivity contribution in [1.29, 1.82) is 0 Å². The summed E-state index contributed by atoms with van der Waals surface area (Å²) in [4.78, 5) is 14.6. The van der Waals surface area contributed by atoms with E-state index in [-0.39, 0.29) is 11.4 Å². The normalized spacial score (nSPS) is 12.0. The Labute approximate surface area is 105 Å². The summed E-state index contributed by atoms with van der Waals surface area (Å²) in [6, 6.07) is 1.13. The van der Waals surface area contributed by atoms with E-state index in [0.29, 0.717) is 4.47 Å². The van der Waals surface area contributed by atoms with Gasteiger partial charge >= 0.3 is 5.97 Å². The molecule has 0 aliphatic heterocycles. The average Bonchev–Trinajstić information content (AvgIpc) is 2.15. The van der Waals surface area contributed by atoms with Crippen molar-refractivity contribution in [2.24, 2.45) is 11.6 Å². The fourth-order valence-electron chi connectivity index (χ4n) is 1.18. The Morgan fingerprint density at radius 3 is 2.65 bits per heavy atom. The lowest BCUT2D eigenvalue weighted by Gasteiger charge is -2.15. The Morgan fingerprint density at radius 1 is 1.65 bits per heavy atom. The molecule has 1 aromatic heterocycles. The van der Waals surface area contributed by atoms with Crippen molar-refractivity contribution < 1.29 is 14.3 Å². The van der Waals surface area contributed by atoms with E-state index in [9.17, 15) is 9.18 Å². The summed E-state index contributed by atoms with van der Waals surface area (Å²) in [6.07, 6.45) is 1.31.